The van der Waals surface area contributed by atoms with Crippen molar-refractivity contribution in [3.8, 4) is 0 Å². The zero-order chi connectivity index (χ0) is 16.8. The van der Waals surface area contributed by atoms with Gasteiger partial charge < -0.3 is 15.7 Å². The molecule has 0 bridgehead atoms. The molecule has 0 unspecified atom stereocenters. The second-order valence-corrected chi connectivity index (χ2v) is 6.34. The Labute approximate surface area is 142 Å². The van der Waals surface area contributed by atoms with Crippen molar-refractivity contribution < 1.29 is 9.90 Å². The smallest absolute Gasteiger partial charge is 0.306 e. The fraction of sp³-hybridized carbons (Fsp3) is 0.350. The van der Waals surface area contributed by atoms with E-state index >= 15 is 0 Å². The molecule has 126 valence electrons. The van der Waals surface area contributed by atoms with Crippen LogP contribution in [-0.2, 0) is 17.6 Å². The summed E-state index contributed by atoms with van der Waals surface area (Å²) in [5.41, 5.74) is 5.35. The molecule has 24 heavy (non-hydrogen) atoms. The van der Waals surface area contributed by atoms with Gasteiger partial charge in [0.25, 0.3) is 0 Å². The maximum absolute atomic E-state index is 10.3. The van der Waals surface area contributed by atoms with E-state index in [1.54, 1.807) is 0 Å². The number of hydrogen-bond acceptors (Lipinski definition) is 3. The molecular formula is C20H24N2O2. The van der Waals surface area contributed by atoms with Gasteiger partial charge in [-0.05, 0) is 74.2 Å². The number of carboxylic acid groups (broad SMARTS) is 1. The van der Waals surface area contributed by atoms with Crippen LogP contribution in [0.2, 0.25) is 0 Å². The van der Waals surface area contributed by atoms with Crippen molar-refractivity contribution in [2.24, 2.45) is 5.92 Å². The zero-order valence-electron chi connectivity index (χ0n) is 13.8. The molecule has 0 saturated carbocycles. The third-order valence-electron chi connectivity index (χ3n) is 4.62. The summed E-state index contributed by atoms with van der Waals surface area (Å²) in [6, 6.07) is 16.9. The summed E-state index contributed by atoms with van der Waals surface area (Å²) < 4.78 is 0. The normalized spacial score (nSPS) is 16.2. The number of carbonyl (C=O) groups is 1. The molecule has 1 aliphatic carbocycles. The zero-order valence-corrected chi connectivity index (χ0v) is 13.8. The van der Waals surface area contributed by atoms with Crippen molar-refractivity contribution in [1.29, 1.82) is 0 Å². The van der Waals surface area contributed by atoms with Gasteiger partial charge in [0.05, 0.1) is 5.92 Å². The number of carboxylic acids is 1. The number of fused-ring (bicyclic) bond motifs is 1. The molecular weight excluding hydrogens is 300 g/mol. The predicted molar refractivity (Wildman–Crippen MR) is 96.8 cm³/mol. The van der Waals surface area contributed by atoms with Gasteiger partial charge in [-0.25, -0.2) is 0 Å². The molecule has 0 spiro atoms. The standard InChI is InChI=1S/C14H13N.C6H11NO2/c1-2-4-13(5-3-1)15-14-9-8-11-6-7-12(11)10-14;8-6(9)5-1-3-7-4-2-5/h1-5,8-10,15H,6-7H2;5,7H,1-4H2,(H,8,9). The van der Waals surface area contributed by atoms with Gasteiger partial charge in [0.15, 0.2) is 0 Å². The lowest BCUT2D eigenvalue weighted by Gasteiger charge is -2.19. The molecule has 3 N–H and O–H groups in total. The molecule has 0 radical (unpaired) electrons. The van der Waals surface area contributed by atoms with Crippen LogP contribution in [0.15, 0.2) is 48.5 Å². The first-order chi connectivity index (χ1) is 11.7. The molecule has 2 aliphatic rings. The van der Waals surface area contributed by atoms with E-state index in [1.165, 1.54) is 29.7 Å². The van der Waals surface area contributed by atoms with Crippen molar-refractivity contribution in [2.75, 3.05) is 18.4 Å². The third kappa shape index (κ3) is 4.36. The van der Waals surface area contributed by atoms with Crippen LogP contribution in [-0.4, -0.2) is 24.2 Å². The number of aliphatic carboxylic acids is 1. The van der Waals surface area contributed by atoms with Crippen LogP contribution in [0.4, 0.5) is 11.4 Å². The van der Waals surface area contributed by atoms with Crippen molar-refractivity contribution in [1.82, 2.24) is 5.32 Å². The minimum absolute atomic E-state index is 0.0914. The van der Waals surface area contributed by atoms with Crippen molar-refractivity contribution >= 4 is 17.3 Å². The molecule has 0 atom stereocenters. The quantitative estimate of drug-likeness (QED) is 0.807. The molecule has 0 amide bonds. The Kier molecular flexibility index (Phi) is 5.49. The molecule has 4 nitrogen and oxygen atoms in total. The molecule has 2 aromatic rings. The maximum Gasteiger partial charge on any atom is 0.306 e. The second-order valence-electron chi connectivity index (χ2n) is 6.34. The van der Waals surface area contributed by atoms with Crippen LogP contribution in [0.25, 0.3) is 0 Å². The fourth-order valence-corrected chi connectivity index (χ4v) is 3.03. The minimum Gasteiger partial charge on any atom is -0.481 e. The van der Waals surface area contributed by atoms with Crippen LogP contribution in [0.5, 0.6) is 0 Å². The van der Waals surface area contributed by atoms with E-state index in [9.17, 15) is 4.79 Å². The topological polar surface area (TPSA) is 61.4 Å². The minimum atomic E-state index is -0.642. The Balaban J connectivity index is 0.000000162. The Bertz CT molecular complexity index is 679. The average Bonchev–Trinajstić information content (AvgIpc) is 2.60. The van der Waals surface area contributed by atoms with Gasteiger partial charge in [-0.1, -0.05) is 24.3 Å². The summed E-state index contributed by atoms with van der Waals surface area (Å²) in [5.74, 6) is -0.734. The third-order valence-corrected chi connectivity index (χ3v) is 4.62. The number of hydrogen-bond donors (Lipinski definition) is 3. The van der Waals surface area contributed by atoms with Crippen LogP contribution >= 0.6 is 0 Å². The average molecular weight is 324 g/mol. The Hall–Kier alpha value is -2.33. The lowest BCUT2D eigenvalue weighted by molar-refractivity contribution is -0.142. The molecule has 4 rings (SSSR count). The molecule has 4 heteroatoms. The lowest BCUT2D eigenvalue weighted by atomic mass is 9.88. The highest BCUT2D eigenvalue weighted by atomic mass is 16.4. The number of aryl methyl sites for hydroxylation is 2. The van der Waals surface area contributed by atoms with Gasteiger partial charge in [0.1, 0.15) is 0 Å². The Morgan fingerprint density at radius 2 is 1.67 bits per heavy atom. The fourth-order valence-electron chi connectivity index (χ4n) is 3.03. The molecule has 0 aromatic heterocycles. The van der Waals surface area contributed by atoms with Gasteiger partial charge in [-0.2, -0.15) is 0 Å². The van der Waals surface area contributed by atoms with Crippen molar-refractivity contribution in [3.63, 3.8) is 0 Å². The first-order valence-electron chi connectivity index (χ1n) is 8.60. The highest BCUT2D eigenvalue weighted by Crippen LogP contribution is 2.27. The van der Waals surface area contributed by atoms with E-state index in [4.69, 9.17) is 5.11 Å². The second kappa shape index (κ2) is 7.97. The van der Waals surface area contributed by atoms with Crippen LogP contribution < -0.4 is 10.6 Å². The first kappa shape index (κ1) is 16.5. The number of nitrogens with one attached hydrogen (secondary N) is 2. The van der Waals surface area contributed by atoms with E-state index in [2.05, 4.69) is 41.0 Å². The summed E-state index contributed by atoms with van der Waals surface area (Å²) in [4.78, 5) is 10.3. The number of benzene rings is 2. The number of anilines is 2. The number of para-hydroxylation sites is 1. The largest absolute Gasteiger partial charge is 0.481 e. The molecule has 1 heterocycles. The van der Waals surface area contributed by atoms with Gasteiger partial charge in [-0.15, -0.1) is 0 Å². The summed E-state index contributed by atoms with van der Waals surface area (Å²) >= 11 is 0. The molecule has 1 aliphatic heterocycles. The van der Waals surface area contributed by atoms with Crippen LogP contribution in [0.1, 0.15) is 24.0 Å². The Morgan fingerprint density at radius 1 is 0.958 bits per heavy atom. The highest BCUT2D eigenvalue weighted by molar-refractivity contribution is 5.70. The monoisotopic (exact) mass is 324 g/mol. The first-order valence-corrected chi connectivity index (χ1v) is 8.60. The van der Waals surface area contributed by atoms with E-state index in [-0.39, 0.29) is 5.92 Å². The summed E-state index contributed by atoms with van der Waals surface area (Å²) in [6.45, 7) is 1.72. The van der Waals surface area contributed by atoms with Gasteiger partial charge in [0, 0.05) is 11.4 Å². The molecule has 2 aromatic carbocycles. The van der Waals surface area contributed by atoms with Crippen LogP contribution in [0, 0.1) is 5.92 Å². The van der Waals surface area contributed by atoms with E-state index in [0.29, 0.717) is 0 Å². The summed E-state index contributed by atoms with van der Waals surface area (Å²) in [7, 11) is 0. The number of rotatable bonds is 3. The lowest BCUT2D eigenvalue weighted by Crippen LogP contribution is -2.31. The van der Waals surface area contributed by atoms with Crippen molar-refractivity contribution in [2.45, 2.75) is 25.7 Å². The molecule has 1 fully saturated rings. The summed E-state index contributed by atoms with van der Waals surface area (Å²) in [5, 5.41) is 15.0. The Morgan fingerprint density at radius 3 is 2.21 bits per heavy atom. The van der Waals surface area contributed by atoms with Gasteiger partial charge >= 0.3 is 5.97 Å². The molecule has 1 saturated heterocycles. The van der Waals surface area contributed by atoms with E-state index in [0.717, 1.165) is 31.6 Å². The van der Waals surface area contributed by atoms with Gasteiger partial charge in [0.2, 0.25) is 0 Å². The number of piperidine rings is 1. The predicted octanol–water partition coefficient (Wildman–Crippen LogP) is 3.60. The van der Waals surface area contributed by atoms with Crippen molar-refractivity contribution in [3.05, 3.63) is 59.7 Å². The van der Waals surface area contributed by atoms with Crippen LogP contribution in [0.3, 0.4) is 0 Å². The van der Waals surface area contributed by atoms with Gasteiger partial charge in [-0.3, -0.25) is 4.79 Å². The van der Waals surface area contributed by atoms with E-state index in [1.807, 2.05) is 18.2 Å². The highest BCUT2D eigenvalue weighted by Gasteiger charge is 2.19. The summed E-state index contributed by atoms with van der Waals surface area (Å²) in [6.07, 6.45) is 4.06. The maximum atomic E-state index is 10.3. The van der Waals surface area contributed by atoms with E-state index < -0.39 is 5.97 Å². The SMILES string of the molecule is O=C(O)C1CCNCC1.c1ccc(Nc2ccc3c(c2)CC3)cc1.